The maximum Gasteiger partial charge on any atom is 0.166 e. The Hall–Kier alpha value is -1.88. The first kappa shape index (κ1) is 15.5. The second-order valence-electron chi connectivity index (χ2n) is 5.17. The molecule has 2 rings (SSSR count). The van der Waals surface area contributed by atoms with Crippen LogP contribution in [-0.4, -0.2) is 21.4 Å². The number of aryl methyl sites for hydroxylation is 1. The van der Waals surface area contributed by atoms with Crippen LogP contribution in [0.1, 0.15) is 29.8 Å². The molecule has 21 heavy (non-hydrogen) atoms. The molecule has 1 unspecified atom stereocenters. The van der Waals surface area contributed by atoms with Crippen LogP contribution in [0.3, 0.4) is 0 Å². The number of thiocarbonyl (C=S) groups is 1. The Morgan fingerprint density at radius 1 is 1.33 bits per heavy atom. The fourth-order valence-corrected chi connectivity index (χ4v) is 2.51. The van der Waals surface area contributed by atoms with Gasteiger partial charge in [0, 0.05) is 24.8 Å². The second kappa shape index (κ2) is 7.22. The van der Waals surface area contributed by atoms with Crippen LogP contribution < -0.4 is 10.6 Å². The Morgan fingerprint density at radius 3 is 2.67 bits per heavy atom. The highest BCUT2D eigenvalue weighted by Crippen LogP contribution is 2.15. The van der Waals surface area contributed by atoms with Crippen molar-refractivity contribution in [2.75, 3.05) is 6.54 Å². The number of hydrogen-bond donors (Lipinski definition) is 2. The molecule has 0 fully saturated rings. The van der Waals surface area contributed by atoms with Crippen LogP contribution in [0.15, 0.2) is 36.5 Å². The largest absolute Gasteiger partial charge is 0.362 e. The van der Waals surface area contributed by atoms with Crippen molar-refractivity contribution in [2.24, 2.45) is 7.05 Å². The fraction of sp³-hybridized carbons (Fsp3) is 0.375. The van der Waals surface area contributed by atoms with Crippen molar-refractivity contribution in [3.05, 3.63) is 53.3 Å². The summed E-state index contributed by atoms with van der Waals surface area (Å²) in [4.78, 5) is 0. The summed E-state index contributed by atoms with van der Waals surface area (Å²) in [5.74, 6) is 0. The lowest BCUT2D eigenvalue weighted by Crippen LogP contribution is -2.37. The van der Waals surface area contributed by atoms with Crippen molar-refractivity contribution in [2.45, 2.75) is 26.3 Å². The van der Waals surface area contributed by atoms with E-state index < -0.39 is 0 Å². The van der Waals surface area contributed by atoms with Gasteiger partial charge >= 0.3 is 0 Å². The van der Waals surface area contributed by atoms with Crippen molar-refractivity contribution in [1.29, 1.82) is 0 Å². The highest BCUT2D eigenvalue weighted by Gasteiger charge is 2.12. The molecular formula is C16H22N4S. The van der Waals surface area contributed by atoms with Gasteiger partial charge in [-0.3, -0.25) is 4.68 Å². The molecule has 1 atom stereocenters. The highest BCUT2D eigenvalue weighted by molar-refractivity contribution is 7.80. The predicted octanol–water partition coefficient (Wildman–Crippen LogP) is 2.50. The van der Waals surface area contributed by atoms with Gasteiger partial charge in [0.15, 0.2) is 5.11 Å². The highest BCUT2D eigenvalue weighted by atomic mass is 32.1. The van der Waals surface area contributed by atoms with E-state index in [4.69, 9.17) is 12.2 Å². The number of benzene rings is 1. The van der Waals surface area contributed by atoms with Gasteiger partial charge in [0.2, 0.25) is 0 Å². The van der Waals surface area contributed by atoms with Gasteiger partial charge in [0.25, 0.3) is 0 Å². The van der Waals surface area contributed by atoms with E-state index in [0.717, 1.165) is 18.7 Å². The third kappa shape index (κ3) is 4.29. The summed E-state index contributed by atoms with van der Waals surface area (Å²) >= 11 is 5.35. The lowest BCUT2D eigenvalue weighted by Gasteiger charge is -2.17. The smallest absolute Gasteiger partial charge is 0.166 e. The summed E-state index contributed by atoms with van der Waals surface area (Å²) in [6, 6.07) is 10.5. The molecule has 0 aliphatic rings. The Morgan fingerprint density at radius 2 is 2.05 bits per heavy atom. The Bertz CT molecular complexity index is 592. The molecule has 0 spiro atoms. The molecule has 2 N–H and O–H groups in total. The molecule has 5 heteroatoms. The fourth-order valence-electron chi connectivity index (χ4n) is 2.23. The van der Waals surface area contributed by atoms with Gasteiger partial charge in [-0.2, -0.15) is 5.10 Å². The molecule has 0 aliphatic heterocycles. The first-order valence-corrected chi connectivity index (χ1v) is 7.55. The van der Waals surface area contributed by atoms with Crippen molar-refractivity contribution >= 4 is 17.3 Å². The molecule has 2 aromatic rings. The molecule has 0 amide bonds. The standard InChI is InChI=1S/C16H22N4S/c1-12(15-11-18-20(3)13(15)2)19-16(21)17-10-9-14-7-5-4-6-8-14/h4-8,11-12H,9-10H2,1-3H3,(H2,17,19,21). The molecule has 0 radical (unpaired) electrons. The molecule has 0 saturated heterocycles. The van der Waals surface area contributed by atoms with Gasteiger partial charge in [0.05, 0.1) is 12.2 Å². The summed E-state index contributed by atoms with van der Waals surface area (Å²) in [5.41, 5.74) is 3.63. The maximum atomic E-state index is 5.35. The third-order valence-electron chi connectivity index (χ3n) is 3.63. The molecule has 0 saturated carbocycles. The van der Waals surface area contributed by atoms with Crippen LogP contribution in [0, 0.1) is 6.92 Å². The summed E-state index contributed by atoms with van der Waals surface area (Å²) in [5, 5.41) is 11.5. The van der Waals surface area contributed by atoms with E-state index in [0.29, 0.717) is 5.11 Å². The molecule has 1 heterocycles. The average molecular weight is 302 g/mol. The third-order valence-corrected chi connectivity index (χ3v) is 3.89. The normalized spacial score (nSPS) is 12.0. The number of nitrogens with one attached hydrogen (secondary N) is 2. The van der Waals surface area contributed by atoms with E-state index in [1.807, 2.05) is 24.0 Å². The summed E-state index contributed by atoms with van der Waals surface area (Å²) < 4.78 is 1.87. The number of aromatic nitrogens is 2. The van der Waals surface area contributed by atoms with Crippen LogP contribution in [0.4, 0.5) is 0 Å². The Labute approximate surface area is 131 Å². The van der Waals surface area contributed by atoms with Crippen LogP contribution in [0.2, 0.25) is 0 Å². The van der Waals surface area contributed by atoms with Crippen LogP contribution >= 0.6 is 12.2 Å². The van der Waals surface area contributed by atoms with E-state index in [1.54, 1.807) is 0 Å². The molecule has 0 bridgehead atoms. The molecule has 112 valence electrons. The lowest BCUT2D eigenvalue weighted by molar-refractivity contribution is 0.683. The minimum Gasteiger partial charge on any atom is -0.362 e. The Balaban J connectivity index is 1.78. The van der Waals surface area contributed by atoms with Crippen LogP contribution in [-0.2, 0) is 13.5 Å². The zero-order valence-corrected chi connectivity index (χ0v) is 13.6. The lowest BCUT2D eigenvalue weighted by atomic mass is 10.1. The van der Waals surface area contributed by atoms with E-state index in [9.17, 15) is 0 Å². The summed E-state index contributed by atoms with van der Waals surface area (Å²) in [7, 11) is 1.95. The number of hydrogen-bond acceptors (Lipinski definition) is 2. The topological polar surface area (TPSA) is 41.9 Å². The molecule has 0 aliphatic carbocycles. The van der Waals surface area contributed by atoms with E-state index in [2.05, 4.69) is 53.8 Å². The minimum atomic E-state index is 0.149. The number of nitrogens with zero attached hydrogens (tertiary/aromatic N) is 2. The maximum absolute atomic E-state index is 5.35. The van der Waals surface area contributed by atoms with Crippen molar-refractivity contribution in [1.82, 2.24) is 20.4 Å². The molecule has 4 nitrogen and oxygen atoms in total. The summed E-state index contributed by atoms with van der Waals surface area (Å²) in [6.07, 6.45) is 2.85. The average Bonchev–Trinajstić information content (AvgIpc) is 2.80. The quantitative estimate of drug-likeness (QED) is 0.833. The minimum absolute atomic E-state index is 0.149. The van der Waals surface area contributed by atoms with Gasteiger partial charge in [-0.25, -0.2) is 0 Å². The monoisotopic (exact) mass is 302 g/mol. The predicted molar refractivity (Wildman–Crippen MR) is 90.2 cm³/mol. The van der Waals surface area contributed by atoms with E-state index in [-0.39, 0.29) is 6.04 Å². The van der Waals surface area contributed by atoms with Crippen molar-refractivity contribution in [3.8, 4) is 0 Å². The van der Waals surface area contributed by atoms with Gasteiger partial charge in [-0.05, 0) is 38.0 Å². The summed E-state index contributed by atoms with van der Waals surface area (Å²) in [6.45, 7) is 4.98. The molecular weight excluding hydrogens is 280 g/mol. The number of rotatable bonds is 5. The molecule has 1 aromatic heterocycles. The van der Waals surface area contributed by atoms with Crippen molar-refractivity contribution < 1.29 is 0 Å². The SMILES string of the molecule is Cc1c(C(C)NC(=S)NCCc2ccccc2)cnn1C. The van der Waals surface area contributed by atoms with Gasteiger partial charge < -0.3 is 10.6 Å². The van der Waals surface area contributed by atoms with Gasteiger partial charge in [-0.1, -0.05) is 30.3 Å². The van der Waals surface area contributed by atoms with Crippen LogP contribution in [0.5, 0.6) is 0 Å². The van der Waals surface area contributed by atoms with Crippen LogP contribution in [0.25, 0.3) is 0 Å². The Kier molecular flexibility index (Phi) is 5.33. The zero-order chi connectivity index (χ0) is 15.2. The van der Waals surface area contributed by atoms with Crippen molar-refractivity contribution in [3.63, 3.8) is 0 Å². The molecule has 1 aromatic carbocycles. The van der Waals surface area contributed by atoms with Gasteiger partial charge in [-0.15, -0.1) is 0 Å². The second-order valence-corrected chi connectivity index (χ2v) is 5.57. The zero-order valence-electron chi connectivity index (χ0n) is 12.8. The first-order valence-electron chi connectivity index (χ1n) is 7.14. The van der Waals surface area contributed by atoms with Gasteiger partial charge in [0.1, 0.15) is 0 Å². The van der Waals surface area contributed by atoms with E-state index in [1.165, 1.54) is 11.1 Å². The van der Waals surface area contributed by atoms with E-state index >= 15 is 0 Å². The first-order chi connectivity index (χ1) is 10.1.